The summed E-state index contributed by atoms with van der Waals surface area (Å²) in [5, 5.41) is 2.37. The van der Waals surface area contributed by atoms with E-state index < -0.39 is 0 Å². The molecule has 0 amide bonds. The van der Waals surface area contributed by atoms with Gasteiger partial charge in [-0.05, 0) is 67.4 Å². The van der Waals surface area contributed by atoms with Gasteiger partial charge in [0.05, 0.1) is 11.4 Å². The molecule has 7 aromatic carbocycles. The maximum Gasteiger partial charge on any atom is 0.160 e. The first-order chi connectivity index (χ1) is 24.0. The summed E-state index contributed by atoms with van der Waals surface area (Å²) >= 11 is 0. The number of hydrogen-bond donors (Lipinski definition) is 0. The average Bonchev–Trinajstić information content (AvgIpc) is 3.40. The SMILES string of the molecule is CC1(C)c2ccccc2-c2cc(-c3ccc(-c4ccc(-c5cc(-c6ccccc6)nc(-c6ccccc6)n5)c5ccccc45)cc3)ccc21. The Morgan fingerprint density at radius 2 is 0.898 bits per heavy atom. The summed E-state index contributed by atoms with van der Waals surface area (Å²) in [4.78, 5) is 10.1. The summed E-state index contributed by atoms with van der Waals surface area (Å²) in [6.45, 7) is 4.66. The van der Waals surface area contributed by atoms with Gasteiger partial charge in [0.15, 0.2) is 5.82 Å². The van der Waals surface area contributed by atoms with E-state index >= 15 is 0 Å². The van der Waals surface area contributed by atoms with E-state index in [9.17, 15) is 0 Å². The van der Waals surface area contributed by atoms with Gasteiger partial charge >= 0.3 is 0 Å². The van der Waals surface area contributed by atoms with Gasteiger partial charge in [-0.2, -0.15) is 0 Å². The van der Waals surface area contributed by atoms with Crippen LogP contribution in [-0.4, -0.2) is 9.97 Å². The lowest BCUT2D eigenvalue weighted by molar-refractivity contribution is 0.660. The Kier molecular flexibility index (Phi) is 6.84. The summed E-state index contributed by atoms with van der Waals surface area (Å²) in [6, 6.07) is 60.7. The number of nitrogens with zero attached hydrogens (tertiary/aromatic N) is 2. The zero-order valence-corrected chi connectivity index (χ0v) is 27.6. The van der Waals surface area contributed by atoms with Crippen LogP contribution in [0.15, 0.2) is 170 Å². The van der Waals surface area contributed by atoms with Gasteiger partial charge in [-0.3, -0.25) is 0 Å². The molecular weight excluding hydrogens is 593 g/mol. The maximum absolute atomic E-state index is 5.13. The molecule has 0 spiro atoms. The monoisotopic (exact) mass is 626 g/mol. The summed E-state index contributed by atoms with van der Waals surface area (Å²) < 4.78 is 0. The lowest BCUT2D eigenvalue weighted by atomic mass is 9.82. The lowest BCUT2D eigenvalue weighted by Crippen LogP contribution is -2.14. The summed E-state index contributed by atoms with van der Waals surface area (Å²) in [5.41, 5.74) is 15.4. The first-order valence-corrected chi connectivity index (χ1v) is 16.9. The highest BCUT2D eigenvalue weighted by Gasteiger charge is 2.35. The van der Waals surface area contributed by atoms with Crippen molar-refractivity contribution in [3.05, 3.63) is 181 Å². The molecule has 232 valence electrons. The van der Waals surface area contributed by atoms with Crippen molar-refractivity contribution in [2.24, 2.45) is 0 Å². The third kappa shape index (κ3) is 4.96. The molecule has 0 N–H and O–H groups in total. The van der Waals surface area contributed by atoms with Crippen LogP contribution in [0.1, 0.15) is 25.0 Å². The van der Waals surface area contributed by atoms with Gasteiger partial charge in [0.2, 0.25) is 0 Å². The molecule has 1 aromatic heterocycles. The van der Waals surface area contributed by atoms with Crippen molar-refractivity contribution in [2.45, 2.75) is 19.3 Å². The second kappa shape index (κ2) is 11.5. The van der Waals surface area contributed by atoms with Gasteiger partial charge in [-0.15, -0.1) is 0 Å². The van der Waals surface area contributed by atoms with Crippen LogP contribution in [0.3, 0.4) is 0 Å². The average molecular weight is 627 g/mol. The molecule has 49 heavy (non-hydrogen) atoms. The largest absolute Gasteiger partial charge is 0.228 e. The topological polar surface area (TPSA) is 25.8 Å². The predicted octanol–water partition coefficient (Wildman–Crippen LogP) is 12.3. The molecule has 2 nitrogen and oxygen atoms in total. The minimum atomic E-state index is 0.0134. The van der Waals surface area contributed by atoms with Crippen LogP contribution in [0, 0.1) is 0 Å². The minimum Gasteiger partial charge on any atom is -0.228 e. The molecule has 2 heteroatoms. The predicted molar refractivity (Wildman–Crippen MR) is 204 cm³/mol. The van der Waals surface area contributed by atoms with Crippen LogP contribution in [0.25, 0.3) is 78.1 Å². The third-order valence-electron chi connectivity index (χ3n) is 10.1. The Morgan fingerprint density at radius 1 is 0.347 bits per heavy atom. The van der Waals surface area contributed by atoms with Crippen LogP contribution in [0.2, 0.25) is 0 Å². The van der Waals surface area contributed by atoms with Crippen molar-refractivity contribution in [2.75, 3.05) is 0 Å². The van der Waals surface area contributed by atoms with Crippen molar-refractivity contribution in [3.8, 4) is 67.3 Å². The van der Waals surface area contributed by atoms with Crippen LogP contribution < -0.4 is 0 Å². The van der Waals surface area contributed by atoms with E-state index in [-0.39, 0.29) is 5.41 Å². The second-order valence-corrected chi connectivity index (χ2v) is 13.4. The van der Waals surface area contributed by atoms with Gasteiger partial charge in [0, 0.05) is 22.1 Å². The normalized spacial score (nSPS) is 12.9. The van der Waals surface area contributed by atoms with E-state index in [1.807, 2.05) is 24.3 Å². The molecular formula is C47H34N2. The molecule has 0 unspecified atom stereocenters. The number of fused-ring (bicyclic) bond motifs is 4. The van der Waals surface area contributed by atoms with Crippen molar-refractivity contribution >= 4 is 10.8 Å². The van der Waals surface area contributed by atoms with Crippen LogP contribution in [0.4, 0.5) is 0 Å². The Hall–Kier alpha value is -6.12. The van der Waals surface area contributed by atoms with Crippen LogP contribution in [-0.2, 0) is 5.41 Å². The molecule has 0 bridgehead atoms. The van der Waals surface area contributed by atoms with Crippen LogP contribution >= 0.6 is 0 Å². The summed E-state index contributed by atoms with van der Waals surface area (Å²) in [6.07, 6.45) is 0. The fraction of sp³-hybridized carbons (Fsp3) is 0.0638. The second-order valence-electron chi connectivity index (χ2n) is 13.4. The van der Waals surface area contributed by atoms with E-state index in [2.05, 4.69) is 159 Å². The van der Waals surface area contributed by atoms with Gasteiger partial charge < -0.3 is 0 Å². The molecule has 1 aliphatic carbocycles. The fourth-order valence-corrected chi connectivity index (χ4v) is 7.57. The molecule has 0 fully saturated rings. The van der Waals surface area contributed by atoms with Crippen LogP contribution in [0.5, 0.6) is 0 Å². The highest BCUT2D eigenvalue weighted by atomic mass is 14.9. The zero-order valence-electron chi connectivity index (χ0n) is 27.6. The smallest absolute Gasteiger partial charge is 0.160 e. The van der Waals surface area contributed by atoms with Crippen molar-refractivity contribution in [1.82, 2.24) is 9.97 Å². The van der Waals surface area contributed by atoms with E-state index in [4.69, 9.17) is 9.97 Å². The quantitative estimate of drug-likeness (QED) is 0.190. The van der Waals surface area contributed by atoms with E-state index in [0.29, 0.717) is 0 Å². The number of benzene rings is 7. The van der Waals surface area contributed by atoms with E-state index in [0.717, 1.165) is 33.9 Å². The summed E-state index contributed by atoms with van der Waals surface area (Å²) in [7, 11) is 0. The number of rotatable bonds is 5. The van der Waals surface area contributed by atoms with Gasteiger partial charge in [0.25, 0.3) is 0 Å². The molecule has 0 saturated heterocycles. The van der Waals surface area contributed by atoms with Gasteiger partial charge in [-0.1, -0.05) is 172 Å². The third-order valence-corrected chi connectivity index (χ3v) is 10.1. The molecule has 1 aliphatic rings. The minimum absolute atomic E-state index is 0.0134. The molecule has 0 saturated carbocycles. The lowest BCUT2D eigenvalue weighted by Gasteiger charge is -2.21. The molecule has 8 aromatic rings. The first-order valence-electron chi connectivity index (χ1n) is 16.9. The molecule has 0 aliphatic heterocycles. The van der Waals surface area contributed by atoms with Crippen molar-refractivity contribution < 1.29 is 0 Å². The highest BCUT2D eigenvalue weighted by molar-refractivity contribution is 6.05. The van der Waals surface area contributed by atoms with Gasteiger partial charge in [-0.25, -0.2) is 9.97 Å². The van der Waals surface area contributed by atoms with Gasteiger partial charge in [0.1, 0.15) is 0 Å². The Balaban J connectivity index is 1.12. The number of hydrogen-bond acceptors (Lipinski definition) is 2. The molecule has 1 heterocycles. The Bertz CT molecular complexity index is 2440. The Morgan fingerprint density at radius 3 is 1.65 bits per heavy atom. The van der Waals surface area contributed by atoms with Crippen molar-refractivity contribution in [3.63, 3.8) is 0 Å². The maximum atomic E-state index is 5.13. The Labute approximate surface area is 287 Å². The summed E-state index contributed by atoms with van der Waals surface area (Å²) in [5.74, 6) is 0.722. The molecule has 0 radical (unpaired) electrons. The molecule has 0 atom stereocenters. The fourth-order valence-electron chi connectivity index (χ4n) is 7.57. The highest BCUT2D eigenvalue weighted by Crippen LogP contribution is 2.49. The standard InChI is InChI=1S/C47H34N2/c1-47(2)42-20-12-11-19-39(42)41-29-35(25-28-43(41)47)31-21-23-32(24-22-31)36-26-27-40(38-18-10-9-17-37(36)38)45-30-44(33-13-5-3-6-14-33)48-46(49-45)34-15-7-4-8-16-34/h3-30H,1-2H3. The van der Waals surface area contributed by atoms with E-state index in [1.165, 1.54) is 55.3 Å². The van der Waals surface area contributed by atoms with Crippen molar-refractivity contribution in [1.29, 1.82) is 0 Å². The first kappa shape index (κ1) is 29.1. The molecule has 9 rings (SSSR count). The number of aromatic nitrogens is 2. The van der Waals surface area contributed by atoms with E-state index in [1.54, 1.807) is 0 Å². The zero-order chi connectivity index (χ0) is 33.0.